The molecule has 0 aromatic carbocycles. The van der Waals surface area contributed by atoms with E-state index in [9.17, 15) is 4.39 Å². The lowest BCUT2D eigenvalue weighted by molar-refractivity contribution is 0.590. The number of aryl methyl sites for hydroxylation is 1. The van der Waals surface area contributed by atoms with Crippen LogP contribution in [0.2, 0.25) is 0 Å². The molecule has 1 aromatic heterocycles. The van der Waals surface area contributed by atoms with E-state index in [-0.39, 0.29) is 11.2 Å². The van der Waals surface area contributed by atoms with Crippen molar-refractivity contribution in [2.75, 3.05) is 0 Å². The number of hydrogen-bond acceptors (Lipinski definition) is 1. The van der Waals surface area contributed by atoms with Gasteiger partial charge in [-0.15, -0.1) is 11.6 Å². The molecule has 0 amide bonds. The SMILES string of the molecule is CCCC(Cl)CCc1ccncc1F. The zero-order valence-corrected chi connectivity index (χ0v) is 9.10. The van der Waals surface area contributed by atoms with Gasteiger partial charge >= 0.3 is 0 Å². The van der Waals surface area contributed by atoms with E-state index in [4.69, 9.17) is 11.6 Å². The molecule has 0 saturated heterocycles. The molecule has 1 rings (SSSR count). The fraction of sp³-hybridized carbons (Fsp3) is 0.545. The third-order valence-corrected chi connectivity index (χ3v) is 2.62. The lowest BCUT2D eigenvalue weighted by atomic mass is 10.1. The number of nitrogens with zero attached hydrogens (tertiary/aromatic N) is 1. The van der Waals surface area contributed by atoms with Gasteiger partial charge in [0, 0.05) is 11.6 Å². The second kappa shape index (κ2) is 5.97. The van der Waals surface area contributed by atoms with Crippen LogP contribution in [0.1, 0.15) is 31.7 Å². The topological polar surface area (TPSA) is 12.9 Å². The van der Waals surface area contributed by atoms with E-state index in [1.807, 2.05) is 0 Å². The molecule has 1 unspecified atom stereocenters. The largest absolute Gasteiger partial charge is 0.262 e. The second-order valence-corrected chi connectivity index (χ2v) is 4.01. The van der Waals surface area contributed by atoms with Crippen LogP contribution in [-0.2, 0) is 6.42 Å². The molecule has 1 atom stereocenters. The summed E-state index contributed by atoms with van der Waals surface area (Å²) in [7, 11) is 0. The van der Waals surface area contributed by atoms with Crippen LogP contribution in [-0.4, -0.2) is 10.4 Å². The lowest BCUT2D eigenvalue weighted by Gasteiger charge is -2.07. The van der Waals surface area contributed by atoms with Crippen LogP contribution in [0.3, 0.4) is 0 Å². The molecule has 0 bridgehead atoms. The Hall–Kier alpha value is -0.630. The Morgan fingerprint density at radius 2 is 2.29 bits per heavy atom. The Bertz CT molecular complexity index is 278. The molecule has 0 aliphatic heterocycles. The van der Waals surface area contributed by atoms with Gasteiger partial charge in [0.1, 0.15) is 5.82 Å². The predicted molar refractivity (Wildman–Crippen MR) is 57.1 cm³/mol. The summed E-state index contributed by atoms with van der Waals surface area (Å²) in [6, 6.07) is 1.71. The Labute approximate surface area is 89.3 Å². The first kappa shape index (κ1) is 11.4. The van der Waals surface area contributed by atoms with E-state index < -0.39 is 0 Å². The van der Waals surface area contributed by atoms with Gasteiger partial charge in [-0.3, -0.25) is 4.98 Å². The van der Waals surface area contributed by atoms with Crippen molar-refractivity contribution in [2.24, 2.45) is 0 Å². The first-order valence-electron chi connectivity index (χ1n) is 4.96. The van der Waals surface area contributed by atoms with Gasteiger partial charge in [-0.05, 0) is 30.9 Å². The van der Waals surface area contributed by atoms with Gasteiger partial charge in [0.25, 0.3) is 0 Å². The predicted octanol–water partition coefficient (Wildman–Crippen LogP) is 3.56. The van der Waals surface area contributed by atoms with Gasteiger partial charge in [-0.25, -0.2) is 4.39 Å². The molecule has 0 aliphatic carbocycles. The summed E-state index contributed by atoms with van der Waals surface area (Å²) < 4.78 is 13.1. The molecule has 0 saturated carbocycles. The Morgan fingerprint density at radius 3 is 2.93 bits per heavy atom. The quantitative estimate of drug-likeness (QED) is 0.685. The minimum Gasteiger partial charge on any atom is -0.262 e. The Morgan fingerprint density at radius 1 is 1.50 bits per heavy atom. The van der Waals surface area contributed by atoms with E-state index in [1.165, 1.54) is 6.20 Å². The van der Waals surface area contributed by atoms with Gasteiger partial charge in [0.15, 0.2) is 0 Å². The number of rotatable bonds is 5. The van der Waals surface area contributed by atoms with Gasteiger partial charge in [0.2, 0.25) is 0 Å². The van der Waals surface area contributed by atoms with Crippen LogP contribution in [0, 0.1) is 5.82 Å². The Kier molecular flexibility index (Phi) is 4.88. The second-order valence-electron chi connectivity index (χ2n) is 3.39. The highest BCUT2D eigenvalue weighted by atomic mass is 35.5. The van der Waals surface area contributed by atoms with Crippen molar-refractivity contribution < 1.29 is 4.39 Å². The minimum atomic E-state index is -0.229. The maximum atomic E-state index is 13.1. The average molecular weight is 216 g/mol. The van der Waals surface area contributed by atoms with Crippen molar-refractivity contribution >= 4 is 11.6 Å². The van der Waals surface area contributed by atoms with Crippen LogP contribution in [0.4, 0.5) is 4.39 Å². The van der Waals surface area contributed by atoms with E-state index in [0.717, 1.165) is 19.3 Å². The molecule has 0 radical (unpaired) electrons. The first-order chi connectivity index (χ1) is 6.74. The van der Waals surface area contributed by atoms with Crippen LogP contribution in [0.15, 0.2) is 18.5 Å². The van der Waals surface area contributed by atoms with Gasteiger partial charge in [-0.2, -0.15) is 0 Å². The lowest BCUT2D eigenvalue weighted by Crippen LogP contribution is -2.01. The number of halogens is 2. The normalized spacial score (nSPS) is 12.8. The van der Waals surface area contributed by atoms with Gasteiger partial charge in [0.05, 0.1) is 6.20 Å². The molecule has 14 heavy (non-hydrogen) atoms. The molecular weight excluding hydrogens is 201 g/mol. The first-order valence-corrected chi connectivity index (χ1v) is 5.40. The average Bonchev–Trinajstić information content (AvgIpc) is 2.17. The third kappa shape index (κ3) is 3.62. The molecule has 0 spiro atoms. The Balaban J connectivity index is 2.41. The zero-order valence-electron chi connectivity index (χ0n) is 8.34. The third-order valence-electron chi connectivity index (χ3n) is 2.19. The molecule has 0 N–H and O–H groups in total. The zero-order chi connectivity index (χ0) is 10.4. The maximum absolute atomic E-state index is 13.1. The van der Waals surface area contributed by atoms with Crippen LogP contribution < -0.4 is 0 Å². The van der Waals surface area contributed by atoms with Crippen molar-refractivity contribution in [1.82, 2.24) is 4.98 Å². The van der Waals surface area contributed by atoms with E-state index >= 15 is 0 Å². The molecular formula is C11H15ClFN. The van der Waals surface area contributed by atoms with Gasteiger partial charge < -0.3 is 0 Å². The molecule has 0 fully saturated rings. The summed E-state index contributed by atoms with van der Waals surface area (Å²) in [5.41, 5.74) is 0.710. The number of pyridine rings is 1. The molecule has 1 heterocycles. The molecule has 0 aliphatic rings. The van der Waals surface area contributed by atoms with Crippen molar-refractivity contribution in [3.63, 3.8) is 0 Å². The van der Waals surface area contributed by atoms with E-state index in [2.05, 4.69) is 11.9 Å². The summed E-state index contributed by atoms with van der Waals surface area (Å²) >= 11 is 6.05. The highest BCUT2D eigenvalue weighted by Gasteiger charge is 2.06. The smallest absolute Gasteiger partial charge is 0.144 e. The fourth-order valence-electron chi connectivity index (χ4n) is 1.38. The molecule has 1 aromatic rings. The summed E-state index contributed by atoms with van der Waals surface area (Å²) in [6.45, 7) is 2.10. The molecule has 1 nitrogen and oxygen atoms in total. The summed E-state index contributed by atoms with van der Waals surface area (Å²) in [5.74, 6) is -0.229. The van der Waals surface area contributed by atoms with Crippen molar-refractivity contribution in [2.45, 2.75) is 38.0 Å². The fourth-order valence-corrected chi connectivity index (χ4v) is 1.70. The number of alkyl halides is 1. The van der Waals surface area contributed by atoms with Crippen molar-refractivity contribution in [3.8, 4) is 0 Å². The van der Waals surface area contributed by atoms with Gasteiger partial charge in [-0.1, -0.05) is 13.3 Å². The van der Waals surface area contributed by atoms with Crippen LogP contribution in [0.5, 0.6) is 0 Å². The van der Waals surface area contributed by atoms with Crippen molar-refractivity contribution in [3.05, 3.63) is 29.8 Å². The number of hydrogen-bond donors (Lipinski definition) is 0. The summed E-state index contributed by atoms with van der Waals surface area (Å²) in [4.78, 5) is 3.70. The highest BCUT2D eigenvalue weighted by Crippen LogP contribution is 2.15. The van der Waals surface area contributed by atoms with E-state index in [0.29, 0.717) is 12.0 Å². The van der Waals surface area contributed by atoms with Crippen LogP contribution in [0.25, 0.3) is 0 Å². The molecule has 78 valence electrons. The summed E-state index contributed by atoms with van der Waals surface area (Å²) in [5, 5.41) is 0.160. The number of aromatic nitrogens is 1. The molecule has 3 heteroatoms. The van der Waals surface area contributed by atoms with Crippen LogP contribution >= 0.6 is 11.6 Å². The highest BCUT2D eigenvalue weighted by molar-refractivity contribution is 6.20. The summed E-state index contributed by atoms with van der Waals surface area (Å²) in [6.07, 6.45) is 6.46. The van der Waals surface area contributed by atoms with E-state index in [1.54, 1.807) is 12.3 Å². The maximum Gasteiger partial charge on any atom is 0.144 e. The standard InChI is InChI=1S/C11H15ClFN/c1-2-3-10(12)5-4-9-6-7-14-8-11(9)13/h6-8,10H,2-5H2,1H3. The minimum absolute atomic E-state index is 0.160. The van der Waals surface area contributed by atoms with Crippen molar-refractivity contribution in [1.29, 1.82) is 0 Å². The monoisotopic (exact) mass is 215 g/mol.